The zero-order valence-electron chi connectivity index (χ0n) is 40.8. The van der Waals surface area contributed by atoms with Crippen molar-refractivity contribution < 1.29 is 60.4 Å². The first-order valence-corrected chi connectivity index (χ1v) is 27.9. The van der Waals surface area contributed by atoms with E-state index >= 15 is 0 Å². The lowest BCUT2D eigenvalue weighted by molar-refractivity contribution is -0.605. The molecule has 1 aliphatic carbocycles. The number of amides is 3. The summed E-state index contributed by atoms with van der Waals surface area (Å²) in [6.07, 6.45) is 4.69. The van der Waals surface area contributed by atoms with Crippen molar-refractivity contribution in [3.63, 3.8) is 0 Å². The van der Waals surface area contributed by atoms with Crippen LogP contribution in [-0.4, -0.2) is 116 Å². The summed E-state index contributed by atoms with van der Waals surface area (Å²) in [7, 11) is -4.79. The largest absolute Gasteiger partial charge is 0.619 e. The van der Waals surface area contributed by atoms with Crippen LogP contribution in [0.3, 0.4) is 0 Å². The average Bonchev–Trinajstić information content (AvgIpc) is 4.22. The zero-order valence-corrected chi connectivity index (χ0v) is 44.0. The van der Waals surface area contributed by atoms with Crippen LogP contribution in [-0.2, 0) is 32.5 Å². The maximum Gasteiger partial charge on any atom is 0.414 e. The van der Waals surface area contributed by atoms with E-state index in [1.807, 2.05) is 36.4 Å². The number of aliphatic carboxylic acids is 1. The molecule has 1 aromatic heterocycles. The van der Waals surface area contributed by atoms with Gasteiger partial charge >= 0.3 is 18.7 Å². The Balaban J connectivity index is 0.891. The monoisotopic (exact) mass is 1120 g/mol. The third-order valence-electron chi connectivity index (χ3n) is 14.0. The van der Waals surface area contributed by atoms with Crippen LogP contribution in [0.5, 0.6) is 11.5 Å². The Morgan fingerprint density at radius 2 is 1.53 bits per heavy atom. The highest BCUT2D eigenvalue weighted by molar-refractivity contribution is 8.02. The van der Waals surface area contributed by atoms with Crippen molar-refractivity contribution in [1.29, 1.82) is 0 Å². The molecule has 10 rings (SSSR count). The van der Waals surface area contributed by atoms with Crippen LogP contribution < -0.4 is 29.7 Å². The van der Waals surface area contributed by atoms with Gasteiger partial charge in [-0.25, -0.2) is 18.0 Å². The number of ether oxygens (including phenoxy) is 3. The van der Waals surface area contributed by atoms with Crippen molar-refractivity contribution in [3.05, 3.63) is 153 Å². The number of carboxylic acids is 1. The molecule has 17 nitrogen and oxygen atoms in total. The van der Waals surface area contributed by atoms with Gasteiger partial charge in [0.05, 0.1) is 18.0 Å². The molecule has 402 valence electrons. The molecule has 0 unspecified atom stereocenters. The van der Waals surface area contributed by atoms with Gasteiger partial charge in [0, 0.05) is 60.2 Å². The second-order valence-electron chi connectivity index (χ2n) is 19.0. The molecule has 4 saturated heterocycles. The number of para-hydroxylation sites is 1. The number of rotatable bonds is 21. The predicted molar refractivity (Wildman–Crippen MR) is 279 cm³/mol. The van der Waals surface area contributed by atoms with Crippen molar-refractivity contribution in [2.24, 2.45) is 11.8 Å². The van der Waals surface area contributed by atoms with Gasteiger partial charge in [-0.3, -0.25) is 19.4 Å². The normalized spacial score (nSPS) is 20.7. The number of piperidine rings is 3. The van der Waals surface area contributed by atoms with E-state index in [1.165, 1.54) is 36.4 Å². The highest BCUT2D eigenvalue weighted by atomic mass is 35.5. The van der Waals surface area contributed by atoms with Crippen LogP contribution in [0.15, 0.2) is 114 Å². The molecule has 5 aliphatic rings. The van der Waals surface area contributed by atoms with Crippen molar-refractivity contribution in [3.8, 4) is 11.5 Å². The second kappa shape index (κ2) is 23.6. The fourth-order valence-corrected chi connectivity index (χ4v) is 14.2. The number of thioether (sulfide) groups is 1. The van der Waals surface area contributed by atoms with Gasteiger partial charge in [-0.15, -0.1) is 11.8 Å². The third-order valence-corrected chi connectivity index (χ3v) is 18.2. The van der Waals surface area contributed by atoms with Crippen LogP contribution in [0, 0.1) is 17.0 Å². The minimum Gasteiger partial charge on any atom is -0.619 e. The molecule has 5 aromatic rings. The molecule has 23 heteroatoms. The van der Waals surface area contributed by atoms with Gasteiger partial charge in [-0.05, 0) is 123 Å². The molecule has 5 fully saturated rings. The average molecular weight is 1120 g/mol. The highest BCUT2D eigenvalue weighted by Gasteiger charge is 2.60. The van der Waals surface area contributed by atoms with Crippen LogP contribution in [0.4, 0.5) is 19.3 Å². The van der Waals surface area contributed by atoms with Gasteiger partial charge in [0.25, 0.3) is 11.8 Å². The Hall–Kier alpha value is -6.23. The number of alkyl halides is 2. The molecule has 4 aromatic carbocycles. The highest BCUT2D eigenvalue weighted by Crippen LogP contribution is 2.52. The van der Waals surface area contributed by atoms with Gasteiger partial charge in [0.2, 0.25) is 10.0 Å². The van der Waals surface area contributed by atoms with Gasteiger partial charge in [0.15, 0.2) is 28.8 Å². The number of carbonyl (C=O) groups is 4. The molecular formula is C53H54Cl2F2N6O11S2. The molecule has 3 N–H and O–H groups in total. The number of pyridine rings is 1. The summed E-state index contributed by atoms with van der Waals surface area (Å²) in [5.41, 5.74) is 1.81. The van der Waals surface area contributed by atoms with E-state index in [1.54, 1.807) is 23.1 Å². The van der Waals surface area contributed by atoms with Crippen LogP contribution in [0.2, 0.25) is 10.0 Å². The van der Waals surface area contributed by atoms with Crippen molar-refractivity contribution >= 4 is 74.6 Å². The number of carbonyl (C=O) groups excluding carboxylic acids is 3. The summed E-state index contributed by atoms with van der Waals surface area (Å²) in [4.78, 5) is 55.8. The Bertz CT molecular complexity index is 3060. The predicted octanol–water partition coefficient (Wildman–Crippen LogP) is 7.96. The van der Waals surface area contributed by atoms with E-state index in [4.69, 9.17) is 37.4 Å². The summed E-state index contributed by atoms with van der Waals surface area (Å²) >= 11 is 13.9. The van der Waals surface area contributed by atoms with E-state index < -0.39 is 56.2 Å². The zero-order chi connectivity index (χ0) is 53.7. The lowest BCUT2D eigenvalue weighted by atomic mass is 9.85. The summed E-state index contributed by atoms with van der Waals surface area (Å²) < 4.78 is 75.0. The smallest absolute Gasteiger partial charge is 0.414 e. The standard InChI is InChI=1S/C53H54Cl2F2N6O11S2/c54-43-29-61(69)30-44(55)41(43)27-42(36-14-15-45(73-51(56)57)46(26-36)72-32-33-12-13-33)53(50(66)67)63(22-23-75-53)76(70,71)40-11-5-8-38(25-40)49(65)59-19-18-58-48(64)37-7-4-6-34(24-37)28-62(39-9-2-1-3-10-39)52(68)74-47-31-60-20-16-35(47)17-21-60/h1-11,14-15,24-26,29-30,33,35,42,47,51H,12-13,16-23,27-28,31-32H2,(H,58,64)(H,59,65)(H,66,67)/t42-,47-,53-/m0/s1. The number of aromatic nitrogens is 1. The Kier molecular flexibility index (Phi) is 16.9. The van der Waals surface area contributed by atoms with Crippen molar-refractivity contribution in [2.75, 3.05) is 56.5 Å². The number of halogens is 4. The summed E-state index contributed by atoms with van der Waals surface area (Å²) in [5, 5.41) is 28.8. The number of nitrogens with zero attached hydrogens (tertiary/aromatic N) is 4. The third kappa shape index (κ3) is 12.3. The number of nitrogens with one attached hydrogen (secondary N) is 2. The molecule has 4 aliphatic heterocycles. The Morgan fingerprint density at radius 3 is 2.16 bits per heavy atom. The first-order valence-electron chi connectivity index (χ1n) is 24.7. The maximum atomic E-state index is 14.9. The molecule has 0 spiro atoms. The molecule has 2 bridgehead atoms. The fraction of sp³-hybridized carbons (Fsp3) is 0.377. The lowest BCUT2D eigenvalue weighted by Crippen LogP contribution is -2.55. The van der Waals surface area contributed by atoms with Gasteiger partial charge in [-0.2, -0.15) is 17.8 Å². The summed E-state index contributed by atoms with van der Waals surface area (Å²) in [5.74, 6) is -4.03. The fourth-order valence-electron chi connectivity index (χ4n) is 9.95. The number of hydrogen-bond acceptors (Lipinski definition) is 12. The van der Waals surface area contributed by atoms with Crippen LogP contribution in [0.25, 0.3) is 0 Å². The number of sulfonamides is 1. The van der Waals surface area contributed by atoms with Crippen molar-refractivity contribution in [1.82, 2.24) is 19.8 Å². The number of fused-ring (bicyclic) bond motifs is 3. The lowest BCUT2D eigenvalue weighted by Gasteiger charge is -2.44. The summed E-state index contributed by atoms with van der Waals surface area (Å²) in [6.45, 7) is -0.597. The Labute approximate surface area is 452 Å². The first-order chi connectivity index (χ1) is 36.5. The summed E-state index contributed by atoms with van der Waals surface area (Å²) in [6, 6.07) is 24.9. The minimum atomic E-state index is -4.79. The SMILES string of the molecule is O=C(NCCNC(=O)c1cccc(S(=O)(=O)N2CCS[C@]2(C(=O)O)[C@@H](Cc2c(Cl)c[n+]([O-])cc2Cl)c2ccc(OC(F)F)c(OCC3CC3)c2)c1)c1cccc(CN(C(=O)O[C@H]2CN3CCC2CC3)c2ccccc2)c1. The second-order valence-corrected chi connectivity index (χ2v) is 23.0. The van der Waals surface area contributed by atoms with Crippen LogP contribution in [0.1, 0.15) is 69.0 Å². The number of benzene rings is 4. The molecule has 5 heterocycles. The molecule has 3 atom stereocenters. The Morgan fingerprint density at radius 1 is 0.855 bits per heavy atom. The molecule has 76 heavy (non-hydrogen) atoms. The minimum absolute atomic E-state index is 0.00675. The number of hydrogen-bond donors (Lipinski definition) is 3. The quantitative estimate of drug-likeness (QED) is 0.0362. The molecule has 1 saturated carbocycles. The van der Waals surface area contributed by atoms with E-state index in [-0.39, 0.29) is 95.2 Å². The van der Waals surface area contributed by atoms with Gasteiger partial charge < -0.3 is 35.2 Å². The van der Waals surface area contributed by atoms with Crippen LogP contribution >= 0.6 is 35.0 Å². The van der Waals surface area contributed by atoms with E-state index in [0.29, 0.717) is 34.0 Å². The van der Waals surface area contributed by atoms with E-state index in [0.717, 1.165) is 73.3 Å². The molecule has 0 radical (unpaired) electrons. The van der Waals surface area contributed by atoms with Crippen molar-refractivity contribution in [2.45, 2.75) is 67.0 Å². The maximum absolute atomic E-state index is 14.9. The topological polar surface area (TPSA) is 211 Å². The van der Waals surface area contributed by atoms with Gasteiger partial charge in [-0.1, -0.05) is 65.7 Å². The van der Waals surface area contributed by atoms with E-state index in [9.17, 15) is 46.7 Å². The van der Waals surface area contributed by atoms with E-state index in [2.05, 4.69) is 15.5 Å². The van der Waals surface area contributed by atoms with Gasteiger partial charge in [0.1, 0.15) is 16.1 Å². The number of anilines is 1. The molecule has 3 amide bonds. The first kappa shape index (κ1) is 54.6. The molecular weight excluding hydrogens is 1070 g/mol. The number of carboxylic acid groups (broad SMARTS) is 1.